The number of unbranched alkanes of at least 4 members (excludes halogenated alkanes) is 3. The highest BCUT2D eigenvalue weighted by Gasteiger charge is 2.13. The van der Waals surface area contributed by atoms with E-state index < -0.39 is 0 Å². The lowest BCUT2D eigenvalue weighted by Gasteiger charge is -2.26. The van der Waals surface area contributed by atoms with Crippen molar-refractivity contribution in [3.8, 4) is 0 Å². The number of fused-ring (bicyclic) bond motifs is 1. The maximum absolute atomic E-state index is 6.31. The van der Waals surface area contributed by atoms with Crippen LogP contribution in [0.15, 0.2) is 18.2 Å². The molecule has 3 heterocycles. The van der Waals surface area contributed by atoms with Gasteiger partial charge in [-0.15, -0.1) is 0 Å². The van der Waals surface area contributed by atoms with Crippen molar-refractivity contribution in [2.45, 2.75) is 77.2 Å². The average molecular weight is 460 g/mol. The van der Waals surface area contributed by atoms with Crippen LogP contribution in [0.2, 0.25) is 5.02 Å². The number of benzene rings is 1. The minimum Gasteiger partial charge on any atom is -0.368 e. The average Bonchev–Trinajstić information content (AvgIpc) is 3.16. The maximum Gasteiger partial charge on any atom is 0.156 e. The summed E-state index contributed by atoms with van der Waals surface area (Å²) in [6, 6.07) is 6.17. The number of aromatic nitrogens is 2. The topological polar surface area (TPSA) is 36.3 Å². The van der Waals surface area contributed by atoms with E-state index in [0.717, 1.165) is 35.7 Å². The number of anilines is 1. The van der Waals surface area contributed by atoms with Crippen molar-refractivity contribution >= 4 is 28.3 Å². The number of piperidine rings is 2. The Kier molecular flexibility index (Phi) is 9.55. The monoisotopic (exact) mass is 459 g/mol. The Hall–Kier alpha value is -1.30. The van der Waals surface area contributed by atoms with Gasteiger partial charge in [-0.05, 0) is 102 Å². The number of aryl methyl sites for hydroxylation is 1. The normalized spacial score (nSPS) is 18.4. The quantitative estimate of drug-likeness (QED) is 0.393. The van der Waals surface area contributed by atoms with Crippen LogP contribution < -0.4 is 5.32 Å². The minimum absolute atomic E-state index is 0.783. The van der Waals surface area contributed by atoms with Crippen molar-refractivity contribution in [1.29, 1.82) is 0 Å². The van der Waals surface area contributed by atoms with Crippen LogP contribution in [0.1, 0.15) is 70.6 Å². The van der Waals surface area contributed by atoms with Crippen LogP contribution in [0.3, 0.4) is 0 Å². The van der Waals surface area contributed by atoms with E-state index in [1.807, 2.05) is 6.07 Å². The van der Waals surface area contributed by atoms with Crippen molar-refractivity contribution in [2.24, 2.45) is 0 Å². The molecule has 0 aliphatic carbocycles. The summed E-state index contributed by atoms with van der Waals surface area (Å²) in [6.45, 7) is 9.58. The van der Waals surface area contributed by atoms with Gasteiger partial charge in [0.15, 0.2) is 5.82 Å². The summed E-state index contributed by atoms with van der Waals surface area (Å²) >= 11 is 6.31. The summed E-state index contributed by atoms with van der Waals surface area (Å²) in [7, 11) is 0. The smallest absolute Gasteiger partial charge is 0.156 e. The molecule has 0 bridgehead atoms. The van der Waals surface area contributed by atoms with Gasteiger partial charge in [0.1, 0.15) is 0 Å². The Balaban J connectivity index is 1.21. The molecule has 0 spiro atoms. The minimum atomic E-state index is 0.783. The number of hydrogen-bond donors (Lipinski definition) is 1. The van der Waals surface area contributed by atoms with Crippen LogP contribution in [-0.4, -0.2) is 65.4 Å². The highest BCUT2D eigenvalue weighted by atomic mass is 35.5. The van der Waals surface area contributed by atoms with E-state index >= 15 is 0 Å². The van der Waals surface area contributed by atoms with Crippen LogP contribution in [0.4, 0.5) is 5.82 Å². The van der Waals surface area contributed by atoms with Crippen LogP contribution in [-0.2, 0) is 6.54 Å². The van der Waals surface area contributed by atoms with Gasteiger partial charge in [-0.2, -0.15) is 5.10 Å². The summed E-state index contributed by atoms with van der Waals surface area (Å²) in [5.41, 5.74) is 1.19. The van der Waals surface area contributed by atoms with E-state index in [0.29, 0.717) is 0 Å². The molecule has 2 saturated heterocycles. The first-order valence-corrected chi connectivity index (χ1v) is 13.5. The molecule has 2 aliphatic rings. The van der Waals surface area contributed by atoms with Crippen molar-refractivity contribution in [1.82, 2.24) is 19.6 Å². The summed E-state index contributed by atoms with van der Waals surface area (Å²) in [4.78, 5) is 5.26. The molecule has 0 atom stereocenters. The Morgan fingerprint density at radius 3 is 2.12 bits per heavy atom. The van der Waals surface area contributed by atoms with Gasteiger partial charge in [0, 0.05) is 23.5 Å². The zero-order valence-electron chi connectivity index (χ0n) is 19.8. The van der Waals surface area contributed by atoms with Gasteiger partial charge < -0.3 is 15.1 Å². The molecular weight excluding hydrogens is 418 g/mol. The number of rotatable bonds is 12. The predicted octanol–water partition coefficient (Wildman–Crippen LogP) is 6.02. The van der Waals surface area contributed by atoms with Gasteiger partial charge >= 0.3 is 0 Å². The van der Waals surface area contributed by atoms with E-state index in [1.54, 1.807) is 0 Å². The van der Waals surface area contributed by atoms with Crippen molar-refractivity contribution in [3.05, 3.63) is 23.2 Å². The van der Waals surface area contributed by atoms with Gasteiger partial charge in [0.2, 0.25) is 0 Å². The molecule has 2 aliphatic heterocycles. The number of halogens is 1. The summed E-state index contributed by atoms with van der Waals surface area (Å²) in [5.74, 6) is 0.994. The molecule has 1 aromatic heterocycles. The largest absolute Gasteiger partial charge is 0.368 e. The van der Waals surface area contributed by atoms with E-state index in [4.69, 9.17) is 16.7 Å². The third-order valence-corrected chi connectivity index (χ3v) is 7.38. The number of hydrogen-bond acceptors (Lipinski definition) is 4. The summed E-state index contributed by atoms with van der Waals surface area (Å²) in [5, 5.41) is 10.5. The lowest BCUT2D eigenvalue weighted by Crippen LogP contribution is -2.31. The lowest BCUT2D eigenvalue weighted by atomic mass is 10.1. The van der Waals surface area contributed by atoms with Crippen molar-refractivity contribution < 1.29 is 0 Å². The molecule has 4 rings (SSSR count). The molecule has 0 amide bonds. The second-order valence-corrected chi connectivity index (χ2v) is 10.2. The van der Waals surface area contributed by atoms with Crippen LogP contribution in [0, 0.1) is 0 Å². The van der Waals surface area contributed by atoms with Gasteiger partial charge in [-0.25, -0.2) is 0 Å². The van der Waals surface area contributed by atoms with E-state index in [1.165, 1.54) is 109 Å². The first kappa shape index (κ1) is 23.8. The van der Waals surface area contributed by atoms with E-state index in [2.05, 4.69) is 31.9 Å². The first-order chi connectivity index (χ1) is 15.8. The fourth-order valence-electron chi connectivity index (χ4n) is 5.28. The Morgan fingerprint density at radius 2 is 1.41 bits per heavy atom. The number of nitrogens with zero attached hydrogens (tertiary/aromatic N) is 4. The second kappa shape index (κ2) is 12.8. The lowest BCUT2D eigenvalue weighted by molar-refractivity contribution is 0.222. The zero-order chi connectivity index (χ0) is 22.0. The van der Waals surface area contributed by atoms with Gasteiger partial charge in [-0.3, -0.25) is 4.68 Å². The number of likely N-dealkylation sites (tertiary alicyclic amines) is 2. The molecular formula is C26H42ClN5. The first-order valence-electron chi connectivity index (χ1n) is 13.1. The van der Waals surface area contributed by atoms with Crippen molar-refractivity contribution in [3.63, 3.8) is 0 Å². The molecule has 1 aromatic carbocycles. The van der Waals surface area contributed by atoms with Crippen LogP contribution >= 0.6 is 11.6 Å². The third-order valence-electron chi connectivity index (χ3n) is 7.15. The molecule has 1 N–H and O–H groups in total. The van der Waals surface area contributed by atoms with E-state index in [-0.39, 0.29) is 0 Å². The highest BCUT2D eigenvalue weighted by Crippen LogP contribution is 2.26. The predicted molar refractivity (Wildman–Crippen MR) is 137 cm³/mol. The maximum atomic E-state index is 6.31. The zero-order valence-corrected chi connectivity index (χ0v) is 20.6. The SMILES string of the molecule is Clc1ccc2c(c1)c(NCCCCCCN1CCCCC1)nn2CCCN1CCCCC1. The summed E-state index contributed by atoms with van der Waals surface area (Å²) < 4.78 is 2.18. The Labute approximate surface area is 199 Å². The third kappa shape index (κ3) is 7.10. The Morgan fingerprint density at radius 1 is 0.750 bits per heavy atom. The molecule has 2 fully saturated rings. The molecule has 32 heavy (non-hydrogen) atoms. The van der Waals surface area contributed by atoms with Crippen molar-refractivity contribution in [2.75, 3.05) is 51.1 Å². The van der Waals surface area contributed by atoms with Gasteiger partial charge in [-0.1, -0.05) is 37.3 Å². The Bertz CT molecular complexity index is 808. The van der Waals surface area contributed by atoms with Gasteiger partial charge in [0.05, 0.1) is 5.52 Å². The molecule has 2 aromatic rings. The van der Waals surface area contributed by atoms with Gasteiger partial charge in [0.25, 0.3) is 0 Å². The molecule has 0 saturated carbocycles. The highest BCUT2D eigenvalue weighted by molar-refractivity contribution is 6.31. The standard InChI is InChI=1S/C26H42ClN5/c27-23-12-13-25-24(22-23)26(29-32(25)21-11-20-31-18-9-4-10-19-31)28-14-5-1-2-6-15-30-16-7-3-8-17-30/h12-13,22H,1-11,14-21H2,(H,28,29). The fourth-order valence-corrected chi connectivity index (χ4v) is 5.46. The summed E-state index contributed by atoms with van der Waals surface area (Å²) in [6.07, 6.45) is 14.6. The molecule has 6 heteroatoms. The molecule has 0 unspecified atom stereocenters. The molecule has 178 valence electrons. The fraction of sp³-hybridized carbons (Fsp3) is 0.731. The number of nitrogens with one attached hydrogen (secondary N) is 1. The molecule has 0 radical (unpaired) electrons. The molecule has 5 nitrogen and oxygen atoms in total. The second-order valence-electron chi connectivity index (χ2n) is 9.73. The van der Waals surface area contributed by atoms with Crippen LogP contribution in [0.5, 0.6) is 0 Å². The van der Waals surface area contributed by atoms with E-state index in [9.17, 15) is 0 Å². The van der Waals surface area contributed by atoms with Crippen LogP contribution in [0.25, 0.3) is 10.9 Å².